The summed E-state index contributed by atoms with van der Waals surface area (Å²) in [7, 11) is 0. The van der Waals surface area contributed by atoms with Crippen LogP contribution in [0.15, 0.2) is 27.8 Å². The van der Waals surface area contributed by atoms with Crippen molar-refractivity contribution >= 4 is 15.9 Å². The first-order valence-corrected chi connectivity index (χ1v) is 4.22. The standard InChI is InChI=1S/C8H7BrFNO/c1-5(11-12)6-2-3-7(9)8(10)4-6/h2-5H,1H3. The number of halogens is 2. The van der Waals surface area contributed by atoms with Gasteiger partial charge in [-0.25, -0.2) is 4.39 Å². The molecule has 64 valence electrons. The van der Waals surface area contributed by atoms with Crippen molar-refractivity contribution in [3.05, 3.63) is 39.0 Å². The van der Waals surface area contributed by atoms with Gasteiger partial charge in [-0.3, -0.25) is 0 Å². The first-order chi connectivity index (χ1) is 5.65. The maximum atomic E-state index is 12.9. The molecule has 0 spiro atoms. The molecule has 1 aromatic carbocycles. The second-order valence-electron chi connectivity index (χ2n) is 2.45. The summed E-state index contributed by atoms with van der Waals surface area (Å²) in [5, 5.41) is 2.80. The van der Waals surface area contributed by atoms with Gasteiger partial charge < -0.3 is 0 Å². The van der Waals surface area contributed by atoms with E-state index in [9.17, 15) is 9.30 Å². The van der Waals surface area contributed by atoms with Crippen LogP contribution < -0.4 is 0 Å². The van der Waals surface area contributed by atoms with E-state index in [0.29, 0.717) is 10.0 Å². The van der Waals surface area contributed by atoms with Gasteiger partial charge in [0.15, 0.2) is 0 Å². The molecule has 1 rings (SSSR count). The van der Waals surface area contributed by atoms with Crippen molar-refractivity contribution < 1.29 is 4.39 Å². The Labute approximate surface area is 77.9 Å². The van der Waals surface area contributed by atoms with E-state index in [1.807, 2.05) is 0 Å². The third-order valence-corrected chi connectivity index (χ3v) is 2.23. The Bertz CT molecular complexity index is 303. The zero-order chi connectivity index (χ0) is 9.14. The fourth-order valence-electron chi connectivity index (χ4n) is 0.833. The van der Waals surface area contributed by atoms with E-state index >= 15 is 0 Å². The Balaban J connectivity index is 3.04. The molecule has 4 heteroatoms. The predicted molar refractivity (Wildman–Crippen MR) is 48.3 cm³/mol. The van der Waals surface area contributed by atoms with Crippen LogP contribution in [0.5, 0.6) is 0 Å². The maximum Gasteiger partial charge on any atom is 0.137 e. The smallest absolute Gasteiger partial charge is 0.137 e. The fraction of sp³-hybridized carbons (Fsp3) is 0.250. The first kappa shape index (κ1) is 9.32. The van der Waals surface area contributed by atoms with Crippen molar-refractivity contribution in [2.45, 2.75) is 13.0 Å². The minimum atomic E-state index is -0.493. The predicted octanol–water partition coefficient (Wildman–Crippen LogP) is 3.42. The van der Waals surface area contributed by atoms with Gasteiger partial charge in [-0.2, -0.15) is 4.91 Å². The van der Waals surface area contributed by atoms with Gasteiger partial charge in [0.1, 0.15) is 11.9 Å². The Kier molecular flexibility index (Phi) is 2.92. The van der Waals surface area contributed by atoms with Gasteiger partial charge >= 0.3 is 0 Å². The Morgan fingerprint density at radius 3 is 2.75 bits per heavy atom. The molecule has 12 heavy (non-hydrogen) atoms. The normalized spacial score (nSPS) is 12.6. The van der Waals surface area contributed by atoms with Crippen LogP contribution in [-0.2, 0) is 0 Å². The highest BCUT2D eigenvalue weighted by molar-refractivity contribution is 9.10. The third-order valence-electron chi connectivity index (χ3n) is 1.58. The van der Waals surface area contributed by atoms with Gasteiger partial charge in [-0.1, -0.05) is 11.2 Å². The van der Waals surface area contributed by atoms with Crippen molar-refractivity contribution in [2.24, 2.45) is 5.18 Å². The summed E-state index contributed by atoms with van der Waals surface area (Å²) in [6, 6.07) is 4.04. The largest absolute Gasteiger partial charge is 0.206 e. The average Bonchev–Trinajstić information content (AvgIpc) is 2.08. The Morgan fingerprint density at radius 1 is 1.58 bits per heavy atom. The van der Waals surface area contributed by atoms with Crippen LogP contribution in [0.2, 0.25) is 0 Å². The molecule has 1 unspecified atom stereocenters. The summed E-state index contributed by atoms with van der Waals surface area (Å²) in [6.07, 6.45) is 0. The van der Waals surface area contributed by atoms with E-state index < -0.39 is 6.04 Å². The van der Waals surface area contributed by atoms with E-state index in [0.717, 1.165) is 0 Å². The van der Waals surface area contributed by atoms with Gasteiger partial charge in [0, 0.05) is 0 Å². The van der Waals surface area contributed by atoms with Crippen LogP contribution >= 0.6 is 15.9 Å². The molecule has 0 aliphatic heterocycles. The van der Waals surface area contributed by atoms with Gasteiger partial charge in [-0.05, 0) is 40.5 Å². The highest BCUT2D eigenvalue weighted by atomic mass is 79.9. The molecule has 2 nitrogen and oxygen atoms in total. The second-order valence-corrected chi connectivity index (χ2v) is 3.31. The summed E-state index contributed by atoms with van der Waals surface area (Å²) in [5.41, 5.74) is 0.589. The lowest BCUT2D eigenvalue weighted by Gasteiger charge is -2.02. The first-order valence-electron chi connectivity index (χ1n) is 3.42. The molecule has 0 heterocycles. The summed E-state index contributed by atoms with van der Waals surface area (Å²) >= 11 is 3.02. The van der Waals surface area contributed by atoms with E-state index in [4.69, 9.17) is 0 Å². The van der Waals surface area contributed by atoms with E-state index in [-0.39, 0.29) is 5.82 Å². The van der Waals surface area contributed by atoms with Crippen LogP contribution in [-0.4, -0.2) is 0 Å². The highest BCUT2D eigenvalue weighted by Crippen LogP contribution is 2.22. The number of nitrogens with zero attached hydrogens (tertiary/aromatic N) is 1. The van der Waals surface area contributed by atoms with Crippen molar-refractivity contribution in [3.8, 4) is 0 Å². The molecular weight excluding hydrogens is 225 g/mol. The van der Waals surface area contributed by atoms with E-state index in [1.165, 1.54) is 6.07 Å². The molecule has 0 N–H and O–H groups in total. The SMILES string of the molecule is CC(N=O)c1ccc(Br)c(F)c1. The lowest BCUT2D eigenvalue weighted by Crippen LogP contribution is -1.89. The summed E-state index contributed by atoms with van der Waals surface area (Å²) < 4.78 is 13.3. The lowest BCUT2D eigenvalue weighted by atomic mass is 10.1. The zero-order valence-corrected chi connectivity index (χ0v) is 8.01. The summed E-state index contributed by atoms with van der Waals surface area (Å²) in [6.45, 7) is 1.62. The third kappa shape index (κ3) is 1.88. The molecule has 1 atom stereocenters. The number of benzene rings is 1. The van der Waals surface area contributed by atoms with E-state index in [1.54, 1.807) is 19.1 Å². The van der Waals surface area contributed by atoms with Gasteiger partial charge in [-0.15, -0.1) is 0 Å². The molecule has 1 aromatic rings. The number of rotatable bonds is 2. The molecule has 0 bridgehead atoms. The maximum absolute atomic E-state index is 12.9. The fourth-order valence-corrected chi connectivity index (χ4v) is 1.08. The molecule has 0 aliphatic rings. The molecule has 0 aromatic heterocycles. The highest BCUT2D eigenvalue weighted by Gasteiger charge is 2.07. The molecule has 0 fully saturated rings. The van der Waals surface area contributed by atoms with Crippen molar-refractivity contribution in [1.29, 1.82) is 0 Å². The zero-order valence-electron chi connectivity index (χ0n) is 6.42. The quantitative estimate of drug-likeness (QED) is 0.718. The lowest BCUT2D eigenvalue weighted by molar-refractivity contribution is 0.615. The summed E-state index contributed by atoms with van der Waals surface area (Å²) in [4.78, 5) is 10.1. The Hall–Kier alpha value is -0.770. The molecule has 0 saturated carbocycles. The molecule has 0 aliphatic carbocycles. The number of nitroso groups, excluding NO2 is 1. The topological polar surface area (TPSA) is 29.4 Å². The van der Waals surface area contributed by atoms with Crippen LogP contribution in [0, 0.1) is 10.7 Å². The van der Waals surface area contributed by atoms with Crippen molar-refractivity contribution in [2.75, 3.05) is 0 Å². The molecule has 0 radical (unpaired) electrons. The van der Waals surface area contributed by atoms with Gasteiger partial charge in [0.2, 0.25) is 0 Å². The monoisotopic (exact) mass is 231 g/mol. The number of hydrogen-bond acceptors (Lipinski definition) is 2. The van der Waals surface area contributed by atoms with Crippen molar-refractivity contribution in [3.63, 3.8) is 0 Å². The van der Waals surface area contributed by atoms with Gasteiger partial charge in [0.25, 0.3) is 0 Å². The molecular formula is C8H7BrFNO. The van der Waals surface area contributed by atoms with Crippen LogP contribution in [0.1, 0.15) is 18.5 Å². The summed E-state index contributed by atoms with van der Waals surface area (Å²) in [5.74, 6) is -0.372. The minimum Gasteiger partial charge on any atom is -0.206 e. The molecule has 0 amide bonds. The average molecular weight is 232 g/mol. The van der Waals surface area contributed by atoms with Crippen LogP contribution in [0.25, 0.3) is 0 Å². The minimum absolute atomic E-state index is 0.372. The molecule has 0 saturated heterocycles. The van der Waals surface area contributed by atoms with E-state index in [2.05, 4.69) is 21.1 Å². The van der Waals surface area contributed by atoms with Crippen LogP contribution in [0.4, 0.5) is 4.39 Å². The van der Waals surface area contributed by atoms with Crippen LogP contribution in [0.3, 0.4) is 0 Å². The van der Waals surface area contributed by atoms with Crippen molar-refractivity contribution in [1.82, 2.24) is 0 Å². The van der Waals surface area contributed by atoms with Gasteiger partial charge in [0.05, 0.1) is 4.47 Å². The Morgan fingerprint density at radius 2 is 2.25 bits per heavy atom. The second kappa shape index (κ2) is 3.76. The number of hydrogen-bond donors (Lipinski definition) is 0.